The van der Waals surface area contributed by atoms with Gasteiger partial charge in [-0.1, -0.05) is 6.92 Å². The lowest BCUT2D eigenvalue weighted by molar-refractivity contribution is 0.391. The van der Waals surface area contributed by atoms with Crippen LogP contribution in [0.5, 0.6) is 11.5 Å². The van der Waals surface area contributed by atoms with E-state index in [0.717, 1.165) is 24.5 Å². The highest BCUT2D eigenvalue weighted by Gasteiger charge is 2.27. The van der Waals surface area contributed by atoms with Gasteiger partial charge < -0.3 is 14.8 Å². The summed E-state index contributed by atoms with van der Waals surface area (Å²) in [4.78, 5) is 0. The van der Waals surface area contributed by atoms with Crippen LogP contribution < -0.4 is 14.8 Å². The van der Waals surface area contributed by atoms with Gasteiger partial charge in [-0.25, -0.2) is 0 Å². The highest BCUT2D eigenvalue weighted by atomic mass is 16.5. The highest BCUT2D eigenvalue weighted by molar-refractivity contribution is 5.40. The van der Waals surface area contributed by atoms with Crippen molar-refractivity contribution in [2.75, 3.05) is 20.8 Å². The molecule has 0 saturated carbocycles. The molecule has 1 saturated heterocycles. The Kier molecular flexibility index (Phi) is 3.89. The molecule has 1 aromatic carbocycles. The van der Waals surface area contributed by atoms with Gasteiger partial charge >= 0.3 is 0 Å². The van der Waals surface area contributed by atoms with E-state index in [1.165, 1.54) is 12.0 Å². The second-order valence-electron chi connectivity index (χ2n) is 4.51. The average Bonchev–Trinajstić information content (AvgIpc) is 2.86. The number of methoxy groups -OCH3 is 2. The van der Waals surface area contributed by atoms with E-state index in [0.29, 0.717) is 12.0 Å². The summed E-state index contributed by atoms with van der Waals surface area (Å²) in [6, 6.07) is 6.75. The fourth-order valence-electron chi connectivity index (χ4n) is 2.64. The van der Waals surface area contributed by atoms with Crippen LogP contribution in [0.4, 0.5) is 0 Å². The van der Waals surface area contributed by atoms with Crippen molar-refractivity contribution in [2.45, 2.75) is 31.7 Å². The van der Waals surface area contributed by atoms with E-state index >= 15 is 0 Å². The van der Waals surface area contributed by atoms with Crippen LogP contribution in [0, 0.1) is 0 Å². The minimum atomic E-state index is 0.573. The summed E-state index contributed by atoms with van der Waals surface area (Å²) in [5, 5.41) is 3.55. The summed E-state index contributed by atoms with van der Waals surface area (Å²) in [5.41, 5.74) is 1.32. The van der Waals surface area contributed by atoms with Crippen LogP contribution in [0.25, 0.3) is 0 Å². The van der Waals surface area contributed by atoms with E-state index < -0.39 is 0 Å². The maximum absolute atomic E-state index is 5.33. The van der Waals surface area contributed by atoms with Gasteiger partial charge in [0, 0.05) is 18.0 Å². The standard InChI is InChI=1S/C14H21NO2/c1-4-14-13(5-6-15-14)10-7-11(16-2)9-12(8-10)17-3/h7-9,13-15H,4-6H2,1-3H3. The van der Waals surface area contributed by atoms with Crippen molar-refractivity contribution in [1.82, 2.24) is 5.32 Å². The smallest absolute Gasteiger partial charge is 0.122 e. The van der Waals surface area contributed by atoms with Gasteiger partial charge in [0.2, 0.25) is 0 Å². The summed E-state index contributed by atoms with van der Waals surface area (Å²) in [6.45, 7) is 3.33. The molecule has 1 N–H and O–H groups in total. The number of rotatable bonds is 4. The first kappa shape index (κ1) is 12.2. The Morgan fingerprint density at radius 2 is 1.82 bits per heavy atom. The zero-order valence-corrected chi connectivity index (χ0v) is 10.8. The van der Waals surface area contributed by atoms with Gasteiger partial charge in [0.05, 0.1) is 14.2 Å². The number of nitrogens with one attached hydrogen (secondary N) is 1. The predicted octanol–water partition coefficient (Wildman–Crippen LogP) is 2.56. The summed E-state index contributed by atoms with van der Waals surface area (Å²) >= 11 is 0. The normalized spacial score (nSPS) is 23.7. The van der Waals surface area contributed by atoms with Gasteiger partial charge in [-0.3, -0.25) is 0 Å². The van der Waals surface area contributed by atoms with Crippen molar-refractivity contribution in [3.8, 4) is 11.5 Å². The SMILES string of the molecule is CCC1NCCC1c1cc(OC)cc(OC)c1. The molecule has 0 amide bonds. The maximum Gasteiger partial charge on any atom is 0.122 e. The monoisotopic (exact) mass is 235 g/mol. The minimum Gasteiger partial charge on any atom is -0.497 e. The molecule has 94 valence electrons. The van der Waals surface area contributed by atoms with Gasteiger partial charge in [-0.15, -0.1) is 0 Å². The van der Waals surface area contributed by atoms with Crippen LogP contribution in [0.1, 0.15) is 31.2 Å². The average molecular weight is 235 g/mol. The van der Waals surface area contributed by atoms with Crippen LogP contribution in [-0.2, 0) is 0 Å². The molecule has 2 rings (SSSR count). The Hall–Kier alpha value is -1.22. The largest absolute Gasteiger partial charge is 0.497 e. The van der Waals surface area contributed by atoms with Crippen molar-refractivity contribution in [1.29, 1.82) is 0 Å². The molecule has 0 bridgehead atoms. The second-order valence-corrected chi connectivity index (χ2v) is 4.51. The first-order valence-electron chi connectivity index (χ1n) is 6.24. The van der Waals surface area contributed by atoms with Crippen molar-refractivity contribution in [3.05, 3.63) is 23.8 Å². The summed E-state index contributed by atoms with van der Waals surface area (Å²) < 4.78 is 10.7. The molecule has 2 unspecified atom stereocenters. The Morgan fingerprint density at radius 3 is 2.35 bits per heavy atom. The zero-order chi connectivity index (χ0) is 12.3. The summed E-state index contributed by atoms with van der Waals surface area (Å²) in [6.07, 6.45) is 2.35. The maximum atomic E-state index is 5.33. The van der Waals surface area contributed by atoms with Gasteiger partial charge in [-0.2, -0.15) is 0 Å². The van der Waals surface area contributed by atoms with Gasteiger partial charge in [0.25, 0.3) is 0 Å². The van der Waals surface area contributed by atoms with E-state index in [1.54, 1.807) is 14.2 Å². The molecule has 2 atom stereocenters. The number of hydrogen-bond acceptors (Lipinski definition) is 3. The van der Waals surface area contributed by atoms with E-state index in [9.17, 15) is 0 Å². The first-order chi connectivity index (χ1) is 8.28. The molecular formula is C14H21NO2. The van der Waals surface area contributed by atoms with Crippen molar-refractivity contribution < 1.29 is 9.47 Å². The molecule has 1 aliphatic rings. The topological polar surface area (TPSA) is 30.5 Å². The molecule has 17 heavy (non-hydrogen) atoms. The third-order valence-corrected chi connectivity index (χ3v) is 3.59. The van der Waals surface area contributed by atoms with Crippen LogP contribution >= 0.6 is 0 Å². The number of hydrogen-bond donors (Lipinski definition) is 1. The van der Waals surface area contributed by atoms with Crippen LogP contribution in [0.3, 0.4) is 0 Å². The molecule has 0 spiro atoms. The third kappa shape index (κ3) is 2.55. The molecule has 1 aliphatic heterocycles. The molecule has 3 nitrogen and oxygen atoms in total. The molecule has 3 heteroatoms. The molecule has 1 aromatic rings. The molecule has 0 radical (unpaired) electrons. The molecule has 0 aliphatic carbocycles. The Morgan fingerprint density at radius 1 is 1.18 bits per heavy atom. The van der Waals surface area contributed by atoms with Crippen molar-refractivity contribution >= 4 is 0 Å². The fourth-order valence-corrected chi connectivity index (χ4v) is 2.64. The Balaban J connectivity index is 2.30. The second kappa shape index (κ2) is 5.41. The lowest BCUT2D eigenvalue weighted by atomic mass is 9.90. The third-order valence-electron chi connectivity index (χ3n) is 3.59. The van der Waals surface area contributed by atoms with Crippen LogP contribution in [0.2, 0.25) is 0 Å². The Bertz CT molecular complexity index is 356. The minimum absolute atomic E-state index is 0.573. The van der Waals surface area contributed by atoms with Gasteiger partial charge in [-0.05, 0) is 37.1 Å². The van der Waals surface area contributed by atoms with E-state index in [-0.39, 0.29) is 0 Å². The molecule has 0 aromatic heterocycles. The first-order valence-corrected chi connectivity index (χ1v) is 6.24. The Labute approximate surface area is 103 Å². The van der Waals surface area contributed by atoms with Crippen LogP contribution in [0.15, 0.2) is 18.2 Å². The van der Waals surface area contributed by atoms with E-state index in [1.807, 2.05) is 6.07 Å². The summed E-state index contributed by atoms with van der Waals surface area (Å²) in [7, 11) is 3.39. The van der Waals surface area contributed by atoms with Gasteiger partial charge in [0.15, 0.2) is 0 Å². The fraction of sp³-hybridized carbons (Fsp3) is 0.571. The van der Waals surface area contributed by atoms with E-state index in [2.05, 4.69) is 24.4 Å². The molecule has 1 fully saturated rings. The summed E-state index contributed by atoms with van der Waals surface area (Å²) in [5.74, 6) is 2.33. The predicted molar refractivity (Wildman–Crippen MR) is 69.0 cm³/mol. The number of benzene rings is 1. The highest BCUT2D eigenvalue weighted by Crippen LogP contribution is 2.34. The van der Waals surface area contributed by atoms with Crippen molar-refractivity contribution in [2.24, 2.45) is 0 Å². The molecule has 1 heterocycles. The van der Waals surface area contributed by atoms with Gasteiger partial charge in [0.1, 0.15) is 11.5 Å². The van der Waals surface area contributed by atoms with Crippen LogP contribution in [-0.4, -0.2) is 26.8 Å². The molecular weight excluding hydrogens is 214 g/mol. The lowest BCUT2D eigenvalue weighted by Gasteiger charge is -2.19. The quantitative estimate of drug-likeness (QED) is 0.870. The van der Waals surface area contributed by atoms with E-state index in [4.69, 9.17) is 9.47 Å². The zero-order valence-electron chi connectivity index (χ0n) is 10.8. The number of ether oxygens (including phenoxy) is 2. The lowest BCUT2D eigenvalue weighted by Crippen LogP contribution is -2.24. The van der Waals surface area contributed by atoms with Crippen molar-refractivity contribution in [3.63, 3.8) is 0 Å².